The number of aliphatic hydroxyl groups excluding tert-OH is 1. The van der Waals surface area contributed by atoms with Gasteiger partial charge in [-0.3, -0.25) is 9.29 Å². The molecule has 3 heteroatoms. The van der Waals surface area contributed by atoms with Crippen molar-refractivity contribution in [2.45, 2.75) is 25.8 Å². The Balaban J connectivity index is 2.30. The van der Waals surface area contributed by atoms with Crippen LogP contribution < -0.4 is 0 Å². The SMILES string of the molecule is CC1CC(CO)N(CCCF)C1. The Labute approximate surface area is 73.4 Å². The summed E-state index contributed by atoms with van der Waals surface area (Å²) in [6, 6.07) is 0.284. The van der Waals surface area contributed by atoms with Gasteiger partial charge in [0.05, 0.1) is 13.3 Å². The van der Waals surface area contributed by atoms with Crippen LogP contribution in [-0.4, -0.2) is 42.4 Å². The molecule has 0 aliphatic carbocycles. The van der Waals surface area contributed by atoms with Crippen molar-refractivity contribution in [1.29, 1.82) is 0 Å². The largest absolute Gasteiger partial charge is 0.395 e. The van der Waals surface area contributed by atoms with Gasteiger partial charge in [0.15, 0.2) is 0 Å². The zero-order valence-corrected chi connectivity index (χ0v) is 7.67. The van der Waals surface area contributed by atoms with Gasteiger partial charge in [-0.15, -0.1) is 0 Å². The minimum absolute atomic E-state index is 0.219. The summed E-state index contributed by atoms with van der Waals surface area (Å²) < 4.78 is 11.9. The van der Waals surface area contributed by atoms with Gasteiger partial charge in [0, 0.05) is 19.1 Å². The Kier molecular flexibility index (Phi) is 3.95. The molecule has 0 radical (unpaired) electrons. The fourth-order valence-electron chi connectivity index (χ4n) is 1.96. The fourth-order valence-corrected chi connectivity index (χ4v) is 1.96. The minimum Gasteiger partial charge on any atom is -0.395 e. The van der Waals surface area contributed by atoms with Crippen LogP contribution in [0.4, 0.5) is 4.39 Å². The van der Waals surface area contributed by atoms with Crippen LogP contribution >= 0.6 is 0 Å². The second-order valence-electron chi connectivity index (χ2n) is 3.71. The highest BCUT2D eigenvalue weighted by Crippen LogP contribution is 2.22. The van der Waals surface area contributed by atoms with Crippen molar-refractivity contribution in [3.63, 3.8) is 0 Å². The second-order valence-corrected chi connectivity index (χ2v) is 3.71. The number of hydrogen-bond acceptors (Lipinski definition) is 2. The second kappa shape index (κ2) is 4.77. The molecule has 12 heavy (non-hydrogen) atoms. The molecule has 1 fully saturated rings. The van der Waals surface area contributed by atoms with E-state index in [4.69, 9.17) is 5.11 Å². The first-order valence-corrected chi connectivity index (χ1v) is 4.68. The zero-order chi connectivity index (χ0) is 8.97. The molecule has 2 nitrogen and oxygen atoms in total. The van der Waals surface area contributed by atoms with E-state index in [1.54, 1.807) is 0 Å². The lowest BCUT2D eigenvalue weighted by Crippen LogP contribution is -2.33. The monoisotopic (exact) mass is 175 g/mol. The van der Waals surface area contributed by atoms with Crippen molar-refractivity contribution in [2.75, 3.05) is 26.4 Å². The summed E-state index contributed by atoms with van der Waals surface area (Å²) in [4.78, 5) is 2.20. The fraction of sp³-hybridized carbons (Fsp3) is 1.00. The summed E-state index contributed by atoms with van der Waals surface area (Å²) in [6.45, 7) is 3.97. The molecular formula is C9H18FNO. The van der Waals surface area contributed by atoms with Gasteiger partial charge in [0.2, 0.25) is 0 Å². The lowest BCUT2D eigenvalue weighted by Gasteiger charge is -2.21. The Morgan fingerprint density at radius 3 is 2.92 bits per heavy atom. The zero-order valence-electron chi connectivity index (χ0n) is 7.67. The summed E-state index contributed by atoms with van der Waals surface area (Å²) >= 11 is 0. The molecule has 0 amide bonds. The van der Waals surface area contributed by atoms with Crippen LogP contribution in [-0.2, 0) is 0 Å². The van der Waals surface area contributed by atoms with Crippen molar-refractivity contribution in [3.05, 3.63) is 0 Å². The van der Waals surface area contributed by atoms with E-state index in [1.807, 2.05) is 0 Å². The molecule has 0 spiro atoms. The van der Waals surface area contributed by atoms with E-state index < -0.39 is 0 Å². The topological polar surface area (TPSA) is 23.5 Å². The highest BCUT2D eigenvalue weighted by atomic mass is 19.1. The molecule has 1 rings (SSSR count). The Bertz CT molecular complexity index is 132. The van der Waals surface area contributed by atoms with E-state index in [0.717, 1.165) is 19.5 Å². The third kappa shape index (κ3) is 2.42. The molecule has 1 aliphatic heterocycles. The predicted molar refractivity (Wildman–Crippen MR) is 46.8 cm³/mol. The average Bonchev–Trinajstić information content (AvgIpc) is 2.42. The van der Waals surface area contributed by atoms with Gasteiger partial charge in [-0.05, 0) is 18.8 Å². The molecule has 2 atom stereocenters. The van der Waals surface area contributed by atoms with Crippen LogP contribution in [0.25, 0.3) is 0 Å². The number of rotatable bonds is 4. The summed E-state index contributed by atoms with van der Waals surface area (Å²) in [7, 11) is 0. The average molecular weight is 175 g/mol. The van der Waals surface area contributed by atoms with Crippen molar-refractivity contribution in [3.8, 4) is 0 Å². The molecule has 1 aliphatic rings. The number of aliphatic hydroxyl groups is 1. The maximum Gasteiger partial charge on any atom is 0.0906 e. The van der Waals surface area contributed by atoms with Gasteiger partial charge in [0.25, 0.3) is 0 Å². The van der Waals surface area contributed by atoms with Crippen molar-refractivity contribution in [1.82, 2.24) is 4.90 Å². The standard InChI is InChI=1S/C9H18FNO/c1-8-5-9(7-12)11(6-8)4-2-3-10/h8-9,12H,2-7H2,1H3. The Morgan fingerprint density at radius 1 is 1.58 bits per heavy atom. The first-order valence-electron chi connectivity index (χ1n) is 4.68. The number of nitrogens with zero attached hydrogens (tertiary/aromatic N) is 1. The van der Waals surface area contributed by atoms with Gasteiger partial charge >= 0.3 is 0 Å². The molecule has 72 valence electrons. The van der Waals surface area contributed by atoms with Crippen LogP contribution in [0.1, 0.15) is 19.8 Å². The summed E-state index contributed by atoms with van der Waals surface area (Å²) in [5.41, 5.74) is 0. The molecule has 0 aromatic carbocycles. The van der Waals surface area contributed by atoms with Gasteiger partial charge < -0.3 is 5.11 Å². The van der Waals surface area contributed by atoms with Gasteiger partial charge in [-0.1, -0.05) is 6.92 Å². The lowest BCUT2D eigenvalue weighted by atomic mass is 10.1. The Morgan fingerprint density at radius 2 is 2.33 bits per heavy atom. The molecule has 0 bridgehead atoms. The van der Waals surface area contributed by atoms with Crippen molar-refractivity contribution in [2.24, 2.45) is 5.92 Å². The van der Waals surface area contributed by atoms with E-state index >= 15 is 0 Å². The first-order chi connectivity index (χ1) is 5.77. The summed E-state index contributed by atoms with van der Waals surface area (Å²) in [5.74, 6) is 0.654. The van der Waals surface area contributed by atoms with E-state index in [2.05, 4.69) is 11.8 Å². The number of halogens is 1. The highest BCUT2D eigenvalue weighted by molar-refractivity contribution is 4.82. The third-order valence-corrected chi connectivity index (χ3v) is 2.53. The maximum absolute atomic E-state index is 11.9. The van der Waals surface area contributed by atoms with Crippen LogP contribution in [0.3, 0.4) is 0 Å². The third-order valence-electron chi connectivity index (χ3n) is 2.53. The number of likely N-dealkylation sites (tertiary alicyclic amines) is 1. The molecule has 0 aromatic rings. The van der Waals surface area contributed by atoms with Crippen LogP contribution in [0.15, 0.2) is 0 Å². The van der Waals surface area contributed by atoms with E-state index in [-0.39, 0.29) is 19.3 Å². The minimum atomic E-state index is -0.247. The van der Waals surface area contributed by atoms with Crippen LogP contribution in [0.5, 0.6) is 0 Å². The van der Waals surface area contributed by atoms with Crippen LogP contribution in [0, 0.1) is 5.92 Å². The van der Waals surface area contributed by atoms with Gasteiger partial charge in [-0.25, -0.2) is 0 Å². The molecule has 0 saturated carbocycles. The number of alkyl halides is 1. The first kappa shape index (κ1) is 9.93. The molecule has 0 aromatic heterocycles. The summed E-state index contributed by atoms with van der Waals surface area (Å²) in [5, 5.41) is 9.02. The molecule has 2 unspecified atom stereocenters. The van der Waals surface area contributed by atoms with Gasteiger partial charge in [-0.2, -0.15) is 0 Å². The number of hydrogen-bond donors (Lipinski definition) is 1. The van der Waals surface area contributed by atoms with E-state index in [9.17, 15) is 4.39 Å². The molecule has 1 heterocycles. The highest BCUT2D eigenvalue weighted by Gasteiger charge is 2.27. The van der Waals surface area contributed by atoms with E-state index in [0.29, 0.717) is 12.3 Å². The molecule has 1 saturated heterocycles. The summed E-state index contributed by atoms with van der Waals surface area (Å²) in [6.07, 6.45) is 1.66. The van der Waals surface area contributed by atoms with Crippen molar-refractivity contribution < 1.29 is 9.50 Å². The molecular weight excluding hydrogens is 157 g/mol. The Hall–Kier alpha value is -0.150. The quantitative estimate of drug-likeness (QED) is 0.690. The van der Waals surface area contributed by atoms with Crippen molar-refractivity contribution >= 4 is 0 Å². The van der Waals surface area contributed by atoms with E-state index in [1.165, 1.54) is 0 Å². The normalized spacial score (nSPS) is 31.2. The van der Waals surface area contributed by atoms with Crippen LogP contribution in [0.2, 0.25) is 0 Å². The van der Waals surface area contributed by atoms with Gasteiger partial charge in [0.1, 0.15) is 0 Å². The molecule has 1 N–H and O–H groups in total. The maximum atomic E-state index is 11.9. The predicted octanol–water partition coefficient (Wildman–Crippen LogP) is 1.05. The smallest absolute Gasteiger partial charge is 0.0906 e. The lowest BCUT2D eigenvalue weighted by molar-refractivity contribution is 0.155.